The van der Waals surface area contributed by atoms with E-state index in [1.54, 1.807) is 37.3 Å². The molecule has 3 rings (SSSR count). The van der Waals surface area contributed by atoms with Crippen LogP contribution in [0.4, 0.5) is 5.69 Å². The van der Waals surface area contributed by atoms with E-state index in [0.717, 1.165) is 11.3 Å². The van der Waals surface area contributed by atoms with Crippen LogP contribution in [0.3, 0.4) is 0 Å². The molecule has 0 aliphatic rings. The standard InChI is InChI=1S/C14H13N3O4S2/c1-9-15-16-14(21-9)12-7-8-13(22-12)23(18,19)17-10-5-3-4-6-11(10)20-2/h3-8,17H,1-2H3. The zero-order valence-electron chi connectivity index (χ0n) is 12.3. The smallest absolute Gasteiger partial charge is 0.271 e. The molecule has 2 aromatic heterocycles. The molecule has 0 saturated carbocycles. The van der Waals surface area contributed by atoms with Crippen molar-refractivity contribution < 1.29 is 17.6 Å². The number of rotatable bonds is 5. The number of methoxy groups -OCH3 is 1. The molecular weight excluding hydrogens is 338 g/mol. The predicted molar refractivity (Wildman–Crippen MR) is 86.2 cm³/mol. The van der Waals surface area contributed by atoms with Crippen molar-refractivity contribution >= 4 is 27.0 Å². The van der Waals surface area contributed by atoms with Crippen molar-refractivity contribution in [1.29, 1.82) is 0 Å². The first kappa shape index (κ1) is 15.5. The van der Waals surface area contributed by atoms with Crippen LogP contribution >= 0.6 is 11.3 Å². The fourth-order valence-corrected chi connectivity index (χ4v) is 4.20. The maximum atomic E-state index is 12.5. The molecule has 0 spiro atoms. The fraction of sp³-hybridized carbons (Fsp3) is 0.143. The third kappa shape index (κ3) is 3.20. The summed E-state index contributed by atoms with van der Waals surface area (Å²) in [5, 5.41) is 7.61. The second kappa shape index (κ2) is 6.01. The summed E-state index contributed by atoms with van der Waals surface area (Å²) >= 11 is 1.05. The molecule has 23 heavy (non-hydrogen) atoms. The van der Waals surface area contributed by atoms with E-state index >= 15 is 0 Å². The van der Waals surface area contributed by atoms with Gasteiger partial charge in [0.1, 0.15) is 9.96 Å². The number of sulfonamides is 1. The van der Waals surface area contributed by atoms with Crippen molar-refractivity contribution in [1.82, 2.24) is 10.2 Å². The van der Waals surface area contributed by atoms with Crippen LogP contribution in [0.25, 0.3) is 10.8 Å². The average molecular weight is 351 g/mol. The van der Waals surface area contributed by atoms with Crippen LogP contribution in [-0.2, 0) is 10.0 Å². The number of thiophene rings is 1. The molecule has 0 aliphatic heterocycles. The van der Waals surface area contributed by atoms with E-state index in [-0.39, 0.29) is 4.21 Å². The van der Waals surface area contributed by atoms with Crippen molar-refractivity contribution in [2.24, 2.45) is 0 Å². The lowest BCUT2D eigenvalue weighted by molar-refractivity contribution is 0.417. The second-order valence-electron chi connectivity index (χ2n) is 4.55. The van der Waals surface area contributed by atoms with Crippen LogP contribution in [0, 0.1) is 6.92 Å². The topological polar surface area (TPSA) is 94.3 Å². The lowest BCUT2D eigenvalue weighted by Gasteiger charge is -2.10. The number of nitrogens with one attached hydrogen (secondary N) is 1. The van der Waals surface area contributed by atoms with E-state index in [2.05, 4.69) is 14.9 Å². The number of benzene rings is 1. The van der Waals surface area contributed by atoms with Gasteiger partial charge in [-0.2, -0.15) is 0 Å². The van der Waals surface area contributed by atoms with E-state index in [0.29, 0.717) is 28.1 Å². The molecule has 1 N–H and O–H groups in total. The minimum atomic E-state index is -3.73. The molecule has 2 heterocycles. The van der Waals surface area contributed by atoms with E-state index < -0.39 is 10.0 Å². The summed E-state index contributed by atoms with van der Waals surface area (Å²) in [6.07, 6.45) is 0. The highest BCUT2D eigenvalue weighted by Crippen LogP contribution is 2.32. The predicted octanol–water partition coefficient (Wildman–Crippen LogP) is 2.92. The molecule has 0 unspecified atom stereocenters. The number of anilines is 1. The molecule has 1 aromatic carbocycles. The van der Waals surface area contributed by atoms with E-state index in [9.17, 15) is 8.42 Å². The number of hydrogen-bond donors (Lipinski definition) is 1. The monoisotopic (exact) mass is 351 g/mol. The molecular formula is C14H13N3O4S2. The van der Waals surface area contributed by atoms with Gasteiger partial charge in [-0.25, -0.2) is 8.42 Å². The fourth-order valence-electron chi connectivity index (χ4n) is 1.90. The largest absolute Gasteiger partial charge is 0.495 e. The van der Waals surface area contributed by atoms with Crippen LogP contribution in [0.1, 0.15) is 5.89 Å². The van der Waals surface area contributed by atoms with E-state index in [1.807, 2.05) is 0 Å². The molecule has 0 radical (unpaired) electrons. The molecule has 0 atom stereocenters. The lowest BCUT2D eigenvalue weighted by atomic mass is 10.3. The zero-order valence-corrected chi connectivity index (χ0v) is 13.9. The number of aryl methyl sites for hydroxylation is 1. The van der Waals surface area contributed by atoms with Gasteiger partial charge in [-0.1, -0.05) is 12.1 Å². The van der Waals surface area contributed by atoms with E-state index in [4.69, 9.17) is 9.15 Å². The van der Waals surface area contributed by atoms with Crippen LogP contribution < -0.4 is 9.46 Å². The SMILES string of the molecule is COc1ccccc1NS(=O)(=O)c1ccc(-c2nnc(C)o2)s1. The van der Waals surface area contributed by atoms with Gasteiger partial charge < -0.3 is 9.15 Å². The van der Waals surface area contributed by atoms with Gasteiger partial charge in [0.05, 0.1) is 17.7 Å². The lowest BCUT2D eigenvalue weighted by Crippen LogP contribution is -2.12. The Morgan fingerprint density at radius 1 is 1.17 bits per heavy atom. The van der Waals surface area contributed by atoms with Gasteiger partial charge in [0.15, 0.2) is 0 Å². The molecule has 120 valence electrons. The number of hydrogen-bond acceptors (Lipinski definition) is 7. The molecule has 7 nitrogen and oxygen atoms in total. The number of ether oxygens (including phenoxy) is 1. The Bertz CT molecular complexity index is 931. The first-order valence-electron chi connectivity index (χ1n) is 6.56. The first-order valence-corrected chi connectivity index (χ1v) is 8.86. The number of nitrogens with zero attached hydrogens (tertiary/aromatic N) is 2. The van der Waals surface area contributed by atoms with Crippen LogP contribution in [0.5, 0.6) is 5.75 Å². The average Bonchev–Trinajstić information content (AvgIpc) is 3.16. The maximum absolute atomic E-state index is 12.5. The van der Waals surface area contributed by atoms with E-state index in [1.165, 1.54) is 13.2 Å². The number of para-hydroxylation sites is 2. The normalized spacial score (nSPS) is 11.4. The van der Waals surface area contributed by atoms with Gasteiger partial charge in [-0.3, -0.25) is 4.72 Å². The quantitative estimate of drug-likeness (QED) is 0.759. The van der Waals surface area contributed by atoms with Crippen molar-refractivity contribution in [3.8, 4) is 16.5 Å². The van der Waals surface area contributed by atoms with Crippen molar-refractivity contribution in [2.45, 2.75) is 11.1 Å². The highest BCUT2D eigenvalue weighted by molar-refractivity contribution is 7.94. The van der Waals surface area contributed by atoms with Gasteiger partial charge >= 0.3 is 0 Å². The van der Waals surface area contributed by atoms with Gasteiger partial charge in [-0.15, -0.1) is 21.5 Å². The highest BCUT2D eigenvalue weighted by atomic mass is 32.2. The molecule has 9 heteroatoms. The number of aromatic nitrogens is 2. The Morgan fingerprint density at radius 2 is 1.96 bits per heavy atom. The molecule has 0 amide bonds. The minimum absolute atomic E-state index is 0.147. The molecule has 0 bridgehead atoms. The second-order valence-corrected chi connectivity index (χ2v) is 7.54. The Balaban J connectivity index is 1.90. The Kier molecular flexibility index (Phi) is 4.05. The zero-order chi connectivity index (χ0) is 16.4. The summed E-state index contributed by atoms with van der Waals surface area (Å²) < 4.78 is 38.1. The summed E-state index contributed by atoms with van der Waals surface area (Å²) in [5.41, 5.74) is 0.374. The Hall–Kier alpha value is -2.39. The molecule has 0 aliphatic carbocycles. The maximum Gasteiger partial charge on any atom is 0.271 e. The van der Waals surface area contributed by atoms with Crippen molar-refractivity contribution in [3.05, 3.63) is 42.3 Å². The van der Waals surface area contributed by atoms with Crippen LogP contribution in [0.2, 0.25) is 0 Å². The summed E-state index contributed by atoms with van der Waals surface area (Å²) in [7, 11) is -2.25. The van der Waals surface area contributed by atoms with Gasteiger partial charge in [0, 0.05) is 6.92 Å². The summed E-state index contributed by atoms with van der Waals surface area (Å²) in [6.45, 7) is 1.67. The van der Waals surface area contributed by atoms with Crippen molar-refractivity contribution in [3.63, 3.8) is 0 Å². The van der Waals surface area contributed by atoms with Crippen molar-refractivity contribution in [2.75, 3.05) is 11.8 Å². The third-order valence-electron chi connectivity index (χ3n) is 2.93. The minimum Gasteiger partial charge on any atom is -0.495 e. The van der Waals surface area contributed by atoms with Gasteiger partial charge in [-0.05, 0) is 24.3 Å². The molecule has 3 aromatic rings. The summed E-state index contributed by atoms with van der Waals surface area (Å²) in [6, 6.07) is 9.93. The van der Waals surface area contributed by atoms with Crippen LogP contribution in [-0.4, -0.2) is 25.7 Å². The van der Waals surface area contributed by atoms with Gasteiger partial charge in [0.25, 0.3) is 15.9 Å². The molecule has 0 saturated heterocycles. The first-order chi connectivity index (χ1) is 11.0. The molecule has 0 fully saturated rings. The summed E-state index contributed by atoms with van der Waals surface area (Å²) in [4.78, 5) is 0.589. The Labute approximate surface area is 137 Å². The highest BCUT2D eigenvalue weighted by Gasteiger charge is 2.20. The summed E-state index contributed by atoms with van der Waals surface area (Å²) in [5.74, 6) is 1.16. The Morgan fingerprint density at radius 3 is 2.65 bits per heavy atom. The third-order valence-corrected chi connectivity index (χ3v) is 5.86. The van der Waals surface area contributed by atoms with Crippen LogP contribution in [0.15, 0.2) is 45.0 Å². The van der Waals surface area contributed by atoms with Gasteiger partial charge in [0.2, 0.25) is 5.89 Å².